The van der Waals surface area contributed by atoms with Crippen molar-refractivity contribution >= 4 is 16.8 Å². The van der Waals surface area contributed by atoms with Crippen LogP contribution in [-0.4, -0.2) is 15.9 Å². The minimum absolute atomic E-state index is 0.126. The highest BCUT2D eigenvalue weighted by Crippen LogP contribution is 2.17. The molecule has 0 spiro atoms. The molecule has 122 valence electrons. The zero-order valence-corrected chi connectivity index (χ0v) is 13.7. The number of hydrogen-bond donors (Lipinski definition) is 2. The van der Waals surface area contributed by atoms with E-state index in [1.165, 1.54) is 6.20 Å². The van der Waals surface area contributed by atoms with Gasteiger partial charge in [0.1, 0.15) is 5.56 Å². The molecule has 2 aromatic heterocycles. The molecule has 1 aromatic carbocycles. The van der Waals surface area contributed by atoms with Crippen molar-refractivity contribution in [2.45, 2.75) is 26.3 Å². The minimum Gasteiger partial charge on any atom is -0.360 e. The molecule has 1 amide bonds. The number of aryl methyl sites for hydroxylation is 1. The second kappa shape index (κ2) is 6.66. The van der Waals surface area contributed by atoms with Gasteiger partial charge in [0.2, 0.25) is 5.43 Å². The van der Waals surface area contributed by atoms with Crippen LogP contribution in [0, 0.1) is 6.92 Å². The number of carbonyl (C=O) groups is 1. The van der Waals surface area contributed by atoms with Crippen LogP contribution in [0.3, 0.4) is 0 Å². The molecule has 0 saturated carbocycles. The molecule has 24 heavy (non-hydrogen) atoms. The van der Waals surface area contributed by atoms with E-state index in [1.807, 2.05) is 38.1 Å². The van der Waals surface area contributed by atoms with Crippen LogP contribution < -0.4 is 10.7 Å². The molecule has 0 aliphatic carbocycles. The first-order valence-corrected chi connectivity index (χ1v) is 7.93. The standard InChI is InChI=1S/C19H19N3O2/c1-3-16(13-7-9-20-10-8-13)22-19(24)15-11-21-17-12(2)5-4-6-14(17)18(15)23/h4-11,16H,3H2,1-2H3,(H,21,23)(H,22,24)/t16-/m1/s1. The van der Waals surface area contributed by atoms with Crippen molar-refractivity contribution in [1.29, 1.82) is 0 Å². The van der Waals surface area contributed by atoms with Gasteiger partial charge in [-0.15, -0.1) is 0 Å². The monoisotopic (exact) mass is 321 g/mol. The summed E-state index contributed by atoms with van der Waals surface area (Å²) in [5.41, 5.74) is 2.57. The number of benzene rings is 1. The maximum Gasteiger partial charge on any atom is 0.257 e. The number of pyridine rings is 2. The fraction of sp³-hybridized carbons (Fsp3) is 0.211. The van der Waals surface area contributed by atoms with Gasteiger partial charge in [-0.1, -0.05) is 19.1 Å². The van der Waals surface area contributed by atoms with Crippen LogP contribution in [0.15, 0.2) is 53.7 Å². The molecule has 0 aliphatic heterocycles. The molecular weight excluding hydrogens is 302 g/mol. The molecule has 2 heterocycles. The number of rotatable bonds is 4. The van der Waals surface area contributed by atoms with E-state index in [2.05, 4.69) is 15.3 Å². The van der Waals surface area contributed by atoms with Gasteiger partial charge in [-0.3, -0.25) is 14.6 Å². The molecule has 0 aliphatic rings. The summed E-state index contributed by atoms with van der Waals surface area (Å²) in [6.45, 7) is 3.91. The van der Waals surface area contributed by atoms with E-state index in [-0.39, 0.29) is 22.9 Å². The average Bonchev–Trinajstić information content (AvgIpc) is 2.61. The number of carbonyl (C=O) groups excluding carboxylic acids is 1. The Hall–Kier alpha value is -2.95. The van der Waals surface area contributed by atoms with E-state index in [1.54, 1.807) is 18.5 Å². The average molecular weight is 321 g/mol. The second-order valence-corrected chi connectivity index (χ2v) is 5.74. The van der Waals surface area contributed by atoms with Gasteiger partial charge >= 0.3 is 0 Å². The summed E-state index contributed by atoms with van der Waals surface area (Å²) in [7, 11) is 0. The summed E-state index contributed by atoms with van der Waals surface area (Å²) in [4.78, 5) is 32.3. The summed E-state index contributed by atoms with van der Waals surface area (Å²) in [5, 5.41) is 3.46. The summed E-state index contributed by atoms with van der Waals surface area (Å²) < 4.78 is 0. The maximum atomic E-state index is 12.6. The molecular formula is C19H19N3O2. The van der Waals surface area contributed by atoms with Gasteiger partial charge in [-0.2, -0.15) is 0 Å². The number of amides is 1. The molecule has 1 atom stereocenters. The Kier molecular flexibility index (Phi) is 4.42. The third kappa shape index (κ3) is 2.93. The van der Waals surface area contributed by atoms with Crippen LogP contribution in [0.2, 0.25) is 0 Å². The fourth-order valence-corrected chi connectivity index (χ4v) is 2.83. The number of fused-ring (bicyclic) bond motifs is 1. The lowest BCUT2D eigenvalue weighted by Gasteiger charge is -2.17. The quantitative estimate of drug-likeness (QED) is 0.775. The Morgan fingerprint density at radius 1 is 1.25 bits per heavy atom. The molecule has 3 rings (SSSR count). The first-order chi connectivity index (χ1) is 11.6. The third-order valence-corrected chi connectivity index (χ3v) is 4.19. The Morgan fingerprint density at radius 2 is 2.00 bits per heavy atom. The number of para-hydroxylation sites is 1. The van der Waals surface area contributed by atoms with Crippen molar-refractivity contribution in [2.24, 2.45) is 0 Å². The van der Waals surface area contributed by atoms with E-state index in [9.17, 15) is 9.59 Å². The molecule has 3 aromatic rings. The highest BCUT2D eigenvalue weighted by atomic mass is 16.2. The lowest BCUT2D eigenvalue weighted by molar-refractivity contribution is 0.0934. The predicted octanol–water partition coefficient (Wildman–Crippen LogP) is 3.11. The largest absolute Gasteiger partial charge is 0.360 e. The summed E-state index contributed by atoms with van der Waals surface area (Å²) in [6, 6.07) is 9.05. The van der Waals surface area contributed by atoms with Gasteiger partial charge in [0.15, 0.2) is 0 Å². The molecule has 0 radical (unpaired) electrons. The number of nitrogens with zero attached hydrogens (tertiary/aromatic N) is 1. The van der Waals surface area contributed by atoms with Crippen LogP contribution >= 0.6 is 0 Å². The van der Waals surface area contributed by atoms with Crippen LogP contribution in [0.4, 0.5) is 0 Å². The van der Waals surface area contributed by atoms with Crippen molar-refractivity contribution in [3.63, 3.8) is 0 Å². The normalized spacial score (nSPS) is 12.1. The lowest BCUT2D eigenvalue weighted by Crippen LogP contribution is -2.32. The van der Waals surface area contributed by atoms with Crippen molar-refractivity contribution in [3.05, 3.63) is 75.8 Å². The molecule has 5 nitrogen and oxygen atoms in total. The smallest absolute Gasteiger partial charge is 0.257 e. The van der Waals surface area contributed by atoms with Crippen molar-refractivity contribution in [1.82, 2.24) is 15.3 Å². The number of H-pyrrole nitrogens is 1. The number of aromatic nitrogens is 2. The van der Waals surface area contributed by atoms with Crippen LogP contribution in [0.25, 0.3) is 10.9 Å². The van der Waals surface area contributed by atoms with Gasteiger partial charge in [-0.05, 0) is 42.7 Å². The highest BCUT2D eigenvalue weighted by Gasteiger charge is 2.18. The van der Waals surface area contributed by atoms with E-state index >= 15 is 0 Å². The molecule has 0 saturated heterocycles. The van der Waals surface area contributed by atoms with Gasteiger partial charge in [0.25, 0.3) is 5.91 Å². The van der Waals surface area contributed by atoms with E-state index in [4.69, 9.17) is 0 Å². The SMILES string of the molecule is CC[C@@H](NC(=O)c1c[nH]c2c(C)cccc2c1=O)c1ccncc1. The minimum atomic E-state index is -0.372. The molecule has 0 unspecified atom stereocenters. The Balaban J connectivity index is 1.94. The number of nitrogens with one attached hydrogen (secondary N) is 2. The van der Waals surface area contributed by atoms with E-state index in [0.29, 0.717) is 5.39 Å². The molecule has 5 heteroatoms. The fourth-order valence-electron chi connectivity index (χ4n) is 2.83. The number of hydrogen-bond acceptors (Lipinski definition) is 3. The summed E-state index contributed by atoms with van der Waals surface area (Å²) >= 11 is 0. The van der Waals surface area contributed by atoms with Gasteiger partial charge < -0.3 is 10.3 Å². The zero-order valence-electron chi connectivity index (χ0n) is 13.7. The van der Waals surface area contributed by atoms with Crippen LogP contribution in [-0.2, 0) is 0 Å². The third-order valence-electron chi connectivity index (χ3n) is 4.19. The zero-order chi connectivity index (χ0) is 17.1. The first kappa shape index (κ1) is 15.9. The van der Waals surface area contributed by atoms with Gasteiger partial charge in [0.05, 0.1) is 11.6 Å². The maximum absolute atomic E-state index is 12.6. The van der Waals surface area contributed by atoms with Crippen molar-refractivity contribution in [3.8, 4) is 0 Å². The summed E-state index contributed by atoms with van der Waals surface area (Å²) in [5.74, 6) is -0.372. The van der Waals surface area contributed by atoms with Crippen molar-refractivity contribution < 1.29 is 4.79 Å². The summed E-state index contributed by atoms with van der Waals surface area (Å²) in [6.07, 6.45) is 5.60. The Morgan fingerprint density at radius 3 is 2.71 bits per heavy atom. The van der Waals surface area contributed by atoms with Gasteiger partial charge in [-0.25, -0.2) is 0 Å². The van der Waals surface area contributed by atoms with Crippen LogP contribution in [0.5, 0.6) is 0 Å². The van der Waals surface area contributed by atoms with E-state index in [0.717, 1.165) is 23.1 Å². The lowest BCUT2D eigenvalue weighted by atomic mass is 10.0. The van der Waals surface area contributed by atoms with Crippen LogP contribution in [0.1, 0.15) is 40.9 Å². The predicted molar refractivity (Wildman–Crippen MR) is 94.0 cm³/mol. The number of aromatic amines is 1. The molecule has 2 N–H and O–H groups in total. The van der Waals surface area contributed by atoms with Gasteiger partial charge in [0, 0.05) is 24.0 Å². The topological polar surface area (TPSA) is 74.8 Å². The Labute approximate surface area is 139 Å². The molecule has 0 bridgehead atoms. The Bertz CT molecular complexity index is 932. The molecule has 0 fully saturated rings. The first-order valence-electron chi connectivity index (χ1n) is 7.93. The van der Waals surface area contributed by atoms with E-state index < -0.39 is 0 Å². The van der Waals surface area contributed by atoms with Crippen molar-refractivity contribution in [2.75, 3.05) is 0 Å². The highest BCUT2D eigenvalue weighted by molar-refractivity contribution is 5.97. The second-order valence-electron chi connectivity index (χ2n) is 5.74.